The van der Waals surface area contributed by atoms with Gasteiger partial charge in [0.1, 0.15) is 5.04 Å². The molecule has 0 bridgehead atoms. The van der Waals surface area contributed by atoms with E-state index in [4.69, 9.17) is 5.14 Å². The number of sulfonamides is 1. The Hall–Kier alpha value is -2.22. The third-order valence-electron chi connectivity index (χ3n) is 3.40. The van der Waals surface area contributed by atoms with Gasteiger partial charge in [-0.15, -0.1) is 0 Å². The first kappa shape index (κ1) is 16.6. The molecule has 0 aromatic heterocycles. The summed E-state index contributed by atoms with van der Waals surface area (Å²) in [5.74, 6) is -0.336. The Morgan fingerprint density at radius 3 is 2.50 bits per heavy atom. The quantitative estimate of drug-likeness (QED) is 0.854. The smallest absolute Gasteiger partial charge is 0.266 e. The maximum absolute atomic E-state index is 12.1. The first-order chi connectivity index (χ1) is 11.3. The minimum Gasteiger partial charge on any atom is -0.266 e. The van der Waals surface area contributed by atoms with Crippen molar-refractivity contribution < 1.29 is 13.2 Å². The summed E-state index contributed by atoms with van der Waals surface area (Å²) in [6.45, 7) is 1.99. The van der Waals surface area contributed by atoms with Gasteiger partial charge >= 0.3 is 0 Å². The van der Waals surface area contributed by atoms with Crippen LogP contribution in [0, 0.1) is 6.92 Å². The maximum atomic E-state index is 12.1. The van der Waals surface area contributed by atoms with Crippen LogP contribution >= 0.6 is 11.8 Å². The molecule has 0 atom stereocenters. The van der Waals surface area contributed by atoms with E-state index in [2.05, 4.69) is 4.99 Å². The summed E-state index contributed by atoms with van der Waals surface area (Å²) in [6, 6.07) is 13.9. The number of nitrogens with zero attached hydrogens (tertiary/aromatic N) is 1. The van der Waals surface area contributed by atoms with Gasteiger partial charge in [-0.3, -0.25) is 4.79 Å². The van der Waals surface area contributed by atoms with Crippen molar-refractivity contribution >= 4 is 38.8 Å². The predicted molar refractivity (Wildman–Crippen MR) is 96.1 cm³/mol. The van der Waals surface area contributed by atoms with E-state index in [1.165, 1.54) is 23.9 Å². The van der Waals surface area contributed by atoms with Crippen molar-refractivity contribution in [3.63, 3.8) is 0 Å². The lowest BCUT2D eigenvalue weighted by Crippen LogP contribution is -2.11. The van der Waals surface area contributed by atoms with Gasteiger partial charge in [-0.05, 0) is 30.7 Å². The molecule has 2 N–H and O–H groups in total. The molecule has 1 heterocycles. The molecule has 0 aliphatic carbocycles. The minimum atomic E-state index is -3.78. The van der Waals surface area contributed by atoms with E-state index in [1.807, 2.05) is 31.2 Å². The van der Waals surface area contributed by atoms with Crippen LogP contribution in [0.3, 0.4) is 0 Å². The Kier molecular flexibility index (Phi) is 4.40. The number of hydrogen-bond acceptors (Lipinski definition) is 4. The zero-order valence-electron chi connectivity index (χ0n) is 12.8. The molecular weight excluding hydrogens is 344 g/mol. The van der Waals surface area contributed by atoms with E-state index in [0.717, 1.165) is 11.1 Å². The highest BCUT2D eigenvalue weighted by atomic mass is 32.2. The predicted octanol–water partition coefficient (Wildman–Crippen LogP) is 2.70. The number of benzene rings is 2. The third kappa shape index (κ3) is 3.64. The Bertz CT molecular complexity index is 975. The third-order valence-corrected chi connectivity index (χ3v) is 5.35. The van der Waals surface area contributed by atoms with Crippen LogP contribution in [-0.4, -0.2) is 19.4 Å². The van der Waals surface area contributed by atoms with Gasteiger partial charge < -0.3 is 0 Å². The number of aryl methyl sites for hydroxylation is 1. The molecule has 0 spiro atoms. The lowest BCUT2D eigenvalue weighted by atomic mass is 10.2. The summed E-state index contributed by atoms with van der Waals surface area (Å²) < 4.78 is 22.8. The molecule has 122 valence electrons. The highest BCUT2D eigenvalue weighted by Gasteiger charge is 2.23. The molecule has 1 aliphatic heterocycles. The van der Waals surface area contributed by atoms with Crippen LogP contribution in [0.25, 0.3) is 6.08 Å². The van der Waals surface area contributed by atoms with Crippen molar-refractivity contribution in [3.05, 3.63) is 70.1 Å². The van der Waals surface area contributed by atoms with Gasteiger partial charge in [0.15, 0.2) is 0 Å². The van der Waals surface area contributed by atoms with Crippen LogP contribution < -0.4 is 5.14 Å². The molecule has 3 rings (SSSR count). The van der Waals surface area contributed by atoms with Crippen LogP contribution in [0.2, 0.25) is 0 Å². The van der Waals surface area contributed by atoms with Crippen molar-refractivity contribution in [1.29, 1.82) is 0 Å². The molecule has 1 aliphatic rings. The molecule has 0 saturated heterocycles. The Balaban J connectivity index is 1.88. The molecular formula is C17H14N2O3S2. The van der Waals surface area contributed by atoms with E-state index in [1.54, 1.807) is 18.2 Å². The van der Waals surface area contributed by atoms with Gasteiger partial charge in [0.25, 0.3) is 5.91 Å². The number of primary sulfonamides is 1. The second kappa shape index (κ2) is 6.35. The van der Waals surface area contributed by atoms with Gasteiger partial charge in [-0.2, -0.15) is 0 Å². The Morgan fingerprint density at radius 1 is 1.12 bits per heavy atom. The first-order valence-electron chi connectivity index (χ1n) is 7.05. The van der Waals surface area contributed by atoms with Gasteiger partial charge in [-0.1, -0.05) is 53.7 Å². The average molecular weight is 358 g/mol. The van der Waals surface area contributed by atoms with Crippen molar-refractivity contribution in [3.8, 4) is 0 Å². The molecule has 24 heavy (non-hydrogen) atoms. The monoisotopic (exact) mass is 358 g/mol. The topological polar surface area (TPSA) is 89.6 Å². The van der Waals surface area contributed by atoms with Crippen LogP contribution in [-0.2, 0) is 14.8 Å². The fourth-order valence-corrected chi connectivity index (χ4v) is 3.65. The number of carbonyl (C=O) groups is 1. The van der Waals surface area contributed by atoms with E-state index >= 15 is 0 Å². The number of nitrogens with two attached hydrogens (primary N) is 1. The number of carbonyl (C=O) groups excluding carboxylic acids is 1. The lowest BCUT2D eigenvalue weighted by Gasteiger charge is -2.01. The molecule has 1 amide bonds. The summed E-state index contributed by atoms with van der Waals surface area (Å²) >= 11 is 1.27. The molecule has 7 heteroatoms. The lowest BCUT2D eigenvalue weighted by molar-refractivity contribution is -0.113. The SMILES string of the molecule is Cc1ccc(C2=NC(=O)/C(=C/c3cccc(S(N)(=O)=O)c3)S2)cc1. The van der Waals surface area contributed by atoms with E-state index in [-0.39, 0.29) is 10.8 Å². The number of amides is 1. The standard InChI is InChI=1S/C17H14N2O3S2/c1-11-5-7-13(8-6-11)17-19-16(20)15(23-17)10-12-3-2-4-14(9-12)24(18,21)22/h2-10H,1H3,(H2,18,21,22)/b15-10-. The second-order valence-electron chi connectivity index (χ2n) is 5.32. The van der Waals surface area contributed by atoms with Crippen LogP contribution in [0.4, 0.5) is 0 Å². The van der Waals surface area contributed by atoms with Crippen molar-refractivity contribution in [2.75, 3.05) is 0 Å². The largest absolute Gasteiger partial charge is 0.284 e. The summed E-state index contributed by atoms with van der Waals surface area (Å²) in [7, 11) is -3.78. The number of hydrogen-bond donors (Lipinski definition) is 1. The molecule has 0 radical (unpaired) electrons. The van der Waals surface area contributed by atoms with Gasteiger partial charge in [-0.25, -0.2) is 18.5 Å². The van der Waals surface area contributed by atoms with Crippen molar-refractivity contribution in [1.82, 2.24) is 0 Å². The zero-order chi connectivity index (χ0) is 17.3. The van der Waals surface area contributed by atoms with E-state index in [0.29, 0.717) is 15.5 Å². The fraction of sp³-hybridized carbons (Fsp3) is 0.0588. The normalized spacial score (nSPS) is 16.5. The fourth-order valence-electron chi connectivity index (χ4n) is 2.16. The zero-order valence-corrected chi connectivity index (χ0v) is 14.4. The average Bonchev–Trinajstić information content (AvgIpc) is 2.88. The van der Waals surface area contributed by atoms with E-state index < -0.39 is 10.0 Å². The molecule has 0 saturated carbocycles. The molecule has 5 nitrogen and oxygen atoms in total. The van der Waals surface area contributed by atoms with Crippen molar-refractivity contribution in [2.45, 2.75) is 11.8 Å². The number of rotatable bonds is 3. The summed E-state index contributed by atoms with van der Waals surface area (Å²) in [5, 5.41) is 5.76. The maximum Gasteiger partial charge on any atom is 0.284 e. The summed E-state index contributed by atoms with van der Waals surface area (Å²) in [6.07, 6.45) is 1.62. The van der Waals surface area contributed by atoms with E-state index in [9.17, 15) is 13.2 Å². The molecule has 2 aromatic rings. The van der Waals surface area contributed by atoms with Gasteiger partial charge in [0.05, 0.1) is 9.80 Å². The van der Waals surface area contributed by atoms with Gasteiger partial charge in [0, 0.05) is 5.56 Å². The summed E-state index contributed by atoms with van der Waals surface area (Å²) in [5.41, 5.74) is 2.59. The Morgan fingerprint density at radius 2 is 1.83 bits per heavy atom. The first-order valence-corrected chi connectivity index (χ1v) is 9.42. The second-order valence-corrected chi connectivity index (χ2v) is 7.91. The number of thioether (sulfide) groups is 1. The van der Waals surface area contributed by atoms with Crippen LogP contribution in [0.15, 0.2) is 63.3 Å². The van der Waals surface area contributed by atoms with Gasteiger partial charge in [0.2, 0.25) is 10.0 Å². The Labute approximate surface area is 144 Å². The highest BCUT2D eigenvalue weighted by molar-refractivity contribution is 8.19. The molecule has 0 unspecified atom stereocenters. The van der Waals surface area contributed by atoms with Crippen LogP contribution in [0.1, 0.15) is 16.7 Å². The molecule has 0 fully saturated rings. The summed E-state index contributed by atoms with van der Waals surface area (Å²) in [4.78, 5) is 16.6. The van der Waals surface area contributed by atoms with Crippen LogP contribution in [0.5, 0.6) is 0 Å². The minimum absolute atomic E-state index is 0.00646. The highest BCUT2D eigenvalue weighted by Crippen LogP contribution is 2.32. The number of aliphatic imine (C=N–C) groups is 1. The van der Waals surface area contributed by atoms with Crippen molar-refractivity contribution in [2.24, 2.45) is 10.1 Å². The molecule has 2 aromatic carbocycles.